The van der Waals surface area contributed by atoms with Crippen molar-refractivity contribution in [3.8, 4) is 11.4 Å². The van der Waals surface area contributed by atoms with Gasteiger partial charge in [0.05, 0.1) is 12.1 Å². The normalized spacial score (nSPS) is 13.0. The maximum absolute atomic E-state index is 12.5. The van der Waals surface area contributed by atoms with Crippen LogP contribution in [0.3, 0.4) is 0 Å². The summed E-state index contributed by atoms with van der Waals surface area (Å²) in [7, 11) is 0. The Kier molecular flexibility index (Phi) is 4.30. The molecule has 0 radical (unpaired) electrons. The second-order valence-electron chi connectivity index (χ2n) is 5.17. The van der Waals surface area contributed by atoms with Crippen LogP contribution >= 0.6 is 0 Å². The predicted molar refractivity (Wildman–Crippen MR) is 79.7 cm³/mol. The molecule has 5 nitrogen and oxygen atoms in total. The second kappa shape index (κ2) is 6.40. The number of hydrogen-bond donors (Lipinski definition) is 1. The van der Waals surface area contributed by atoms with Gasteiger partial charge in [0, 0.05) is 5.56 Å². The quantitative estimate of drug-likeness (QED) is 0.796. The Bertz CT molecular complexity index is 800. The minimum Gasteiger partial charge on any atom is -0.386 e. The molecule has 1 unspecified atom stereocenters. The van der Waals surface area contributed by atoms with Gasteiger partial charge >= 0.3 is 6.18 Å². The van der Waals surface area contributed by atoms with Gasteiger partial charge in [-0.1, -0.05) is 42.5 Å². The van der Waals surface area contributed by atoms with Crippen LogP contribution in [0.1, 0.15) is 17.2 Å². The van der Waals surface area contributed by atoms with Gasteiger partial charge in [-0.05, 0) is 22.9 Å². The fraction of sp³-hybridized carbons (Fsp3) is 0.188. The Morgan fingerprint density at radius 3 is 2.29 bits per heavy atom. The van der Waals surface area contributed by atoms with Crippen LogP contribution in [-0.4, -0.2) is 25.3 Å². The minimum atomic E-state index is -4.40. The molecular weight excluding hydrogens is 321 g/mol. The molecule has 3 rings (SSSR count). The third-order valence-corrected chi connectivity index (χ3v) is 3.44. The number of halogens is 3. The smallest absolute Gasteiger partial charge is 0.386 e. The van der Waals surface area contributed by atoms with Crippen molar-refractivity contribution < 1.29 is 18.3 Å². The molecule has 1 heterocycles. The maximum atomic E-state index is 12.5. The molecule has 3 aromatic rings. The molecule has 0 saturated heterocycles. The van der Waals surface area contributed by atoms with Crippen LogP contribution in [-0.2, 0) is 12.7 Å². The summed E-state index contributed by atoms with van der Waals surface area (Å²) in [4.78, 5) is 1.21. The van der Waals surface area contributed by atoms with Gasteiger partial charge in [-0.25, -0.2) is 0 Å². The van der Waals surface area contributed by atoms with Crippen LogP contribution in [0.25, 0.3) is 11.4 Å². The average molecular weight is 334 g/mol. The van der Waals surface area contributed by atoms with E-state index < -0.39 is 17.8 Å². The molecule has 0 aliphatic carbocycles. The molecule has 1 atom stereocenters. The standard InChI is InChI=1S/C16H13F3N4O/c17-16(18,19)13-8-6-11(7-9-13)14(24)10-23-21-15(20-22-23)12-4-2-1-3-5-12/h1-9,14,24H,10H2. The highest BCUT2D eigenvalue weighted by atomic mass is 19.4. The molecule has 8 heteroatoms. The first-order valence-corrected chi connectivity index (χ1v) is 7.12. The zero-order valence-corrected chi connectivity index (χ0v) is 12.4. The molecule has 124 valence electrons. The fourth-order valence-corrected chi connectivity index (χ4v) is 2.18. The van der Waals surface area contributed by atoms with Crippen LogP contribution in [0.4, 0.5) is 13.2 Å². The van der Waals surface area contributed by atoms with Gasteiger partial charge in [0.1, 0.15) is 6.10 Å². The SMILES string of the molecule is OC(Cn1nnc(-c2ccccc2)n1)c1ccc(C(F)(F)F)cc1. The zero-order chi connectivity index (χ0) is 17.2. The van der Waals surface area contributed by atoms with Gasteiger partial charge < -0.3 is 5.11 Å². The molecule has 1 aromatic heterocycles. The van der Waals surface area contributed by atoms with E-state index in [1.54, 1.807) is 0 Å². The Balaban J connectivity index is 1.71. The van der Waals surface area contributed by atoms with Gasteiger partial charge in [0.2, 0.25) is 5.82 Å². The van der Waals surface area contributed by atoms with E-state index in [0.29, 0.717) is 11.4 Å². The lowest BCUT2D eigenvalue weighted by molar-refractivity contribution is -0.137. The van der Waals surface area contributed by atoms with Gasteiger partial charge in [0.15, 0.2) is 0 Å². The first-order valence-electron chi connectivity index (χ1n) is 7.12. The first-order chi connectivity index (χ1) is 11.4. The van der Waals surface area contributed by atoms with Crippen LogP contribution in [0.2, 0.25) is 0 Å². The monoisotopic (exact) mass is 334 g/mol. The highest BCUT2D eigenvalue weighted by Gasteiger charge is 2.30. The van der Waals surface area contributed by atoms with Crippen molar-refractivity contribution >= 4 is 0 Å². The van der Waals surface area contributed by atoms with Crippen LogP contribution in [0.15, 0.2) is 54.6 Å². The topological polar surface area (TPSA) is 63.8 Å². The van der Waals surface area contributed by atoms with E-state index in [1.807, 2.05) is 30.3 Å². The summed E-state index contributed by atoms with van der Waals surface area (Å²) in [5.41, 5.74) is 0.373. The predicted octanol–water partition coefficient (Wildman–Crippen LogP) is 3.09. The molecule has 2 aromatic carbocycles. The van der Waals surface area contributed by atoms with Crippen molar-refractivity contribution in [3.05, 3.63) is 65.7 Å². The number of alkyl halides is 3. The number of aromatic nitrogens is 4. The lowest BCUT2D eigenvalue weighted by Crippen LogP contribution is -2.12. The number of hydrogen-bond acceptors (Lipinski definition) is 4. The molecule has 0 amide bonds. The van der Waals surface area contributed by atoms with E-state index in [-0.39, 0.29) is 6.54 Å². The molecule has 0 spiro atoms. The number of tetrazole rings is 1. The Morgan fingerprint density at radius 1 is 1.00 bits per heavy atom. The lowest BCUT2D eigenvalue weighted by atomic mass is 10.1. The zero-order valence-electron chi connectivity index (χ0n) is 12.4. The van der Waals surface area contributed by atoms with Crippen molar-refractivity contribution in [2.75, 3.05) is 0 Å². The molecule has 0 bridgehead atoms. The molecule has 0 saturated carbocycles. The maximum Gasteiger partial charge on any atom is 0.416 e. The Labute approximate surface area is 135 Å². The first kappa shape index (κ1) is 16.1. The van der Waals surface area contributed by atoms with Crippen molar-refractivity contribution in [3.63, 3.8) is 0 Å². The third kappa shape index (κ3) is 3.60. The van der Waals surface area contributed by atoms with E-state index in [4.69, 9.17) is 0 Å². The number of benzene rings is 2. The van der Waals surface area contributed by atoms with Gasteiger partial charge in [-0.3, -0.25) is 0 Å². The average Bonchev–Trinajstić information content (AvgIpc) is 3.03. The summed E-state index contributed by atoms with van der Waals surface area (Å²) in [6.45, 7) is -0.00873. The Morgan fingerprint density at radius 2 is 1.67 bits per heavy atom. The van der Waals surface area contributed by atoms with E-state index in [9.17, 15) is 18.3 Å². The summed E-state index contributed by atoms with van der Waals surface area (Å²) >= 11 is 0. The number of aliphatic hydroxyl groups is 1. The number of aliphatic hydroxyl groups excluding tert-OH is 1. The van der Waals surface area contributed by atoms with E-state index in [0.717, 1.165) is 17.7 Å². The summed E-state index contributed by atoms with van der Waals surface area (Å²) in [6.07, 6.45) is -5.44. The van der Waals surface area contributed by atoms with Crippen LogP contribution < -0.4 is 0 Å². The van der Waals surface area contributed by atoms with Crippen LogP contribution in [0.5, 0.6) is 0 Å². The van der Waals surface area contributed by atoms with Gasteiger partial charge in [-0.2, -0.15) is 18.0 Å². The summed E-state index contributed by atoms with van der Waals surface area (Å²) < 4.78 is 37.6. The van der Waals surface area contributed by atoms with Crippen molar-refractivity contribution in [1.29, 1.82) is 0 Å². The number of rotatable bonds is 4. The highest BCUT2D eigenvalue weighted by molar-refractivity contribution is 5.52. The van der Waals surface area contributed by atoms with Gasteiger partial charge in [-0.15, -0.1) is 10.2 Å². The second-order valence-corrected chi connectivity index (χ2v) is 5.17. The summed E-state index contributed by atoms with van der Waals surface area (Å²) in [5.74, 6) is 0.412. The van der Waals surface area contributed by atoms with E-state index in [2.05, 4.69) is 15.4 Å². The van der Waals surface area contributed by atoms with Crippen molar-refractivity contribution in [2.45, 2.75) is 18.8 Å². The highest BCUT2D eigenvalue weighted by Crippen LogP contribution is 2.30. The largest absolute Gasteiger partial charge is 0.416 e. The molecular formula is C16H13F3N4O. The van der Waals surface area contributed by atoms with Gasteiger partial charge in [0.25, 0.3) is 0 Å². The van der Waals surface area contributed by atoms with Crippen molar-refractivity contribution in [1.82, 2.24) is 20.2 Å². The summed E-state index contributed by atoms with van der Waals surface area (Å²) in [6, 6.07) is 13.5. The summed E-state index contributed by atoms with van der Waals surface area (Å²) in [5, 5.41) is 22.0. The molecule has 24 heavy (non-hydrogen) atoms. The van der Waals surface area contributed by atoms with Crippen LogP contribution in [0, 0.1) is 0 Å². The third-order valence-electron chi connectivity index (χ3n) is 3.44. The number of nitrogens with zero attached hydrogens (tertiary/aromatic N) is 4. The van der Waals surface area contributed by atoms with E-state index in [1.165, 1.54) is 16.9 Å². The van der Waals surface area contributed by atoms with E-state index >= 15 is 0 Å². The molecule has 1 N–H and O–H groups in total. The minimum absolute atomic E-state index is 0.00873. The van der Waals surface area contributed by atoms with Crippen molar-refractivity contribution in [2.24, 2.45) is 0 Å². The molecule has 0 aliphatic heterocycles. The lowest BCUT2D eigenvalue weighted by Gasteiger charge is -2.11. The Hall–Kier alpha value is -2.74. The molecule has 0 aliphatic rings. The molecule has 0 fully saturated rings. The fourth-order valence-electron chi connectivity index (χ4n) is 2.18.